The number of H-pyrrole nitrogens is 2. The van der Waals surface area contributed by atoms with E-state index in [0.29, 0.717) is 25.4 Å². The number of aromatic amines is 2. The maximum absolute atomic E-state index is 13.2. The third kappa shape index (κ3) is 4.55. The number of rotatable bonds is 7. The number of halogens is 2. The second-order valence-electron chi connectivity index (χ2n) is 6.62. The molecule has 7 nitrogen and oxygen atoms in total. The van der Waals surface area contributed by atoms with E-state index in [2.05, 4.69) is 25.1 Å². The second kappa shape index (κ2) is 8.49. The van der Waals surface area contributed by atoms with Crippen molar-refractivity contribution < 1.29 is 18.3 Å². The van der Waals surface area contributed by atoms with Crippen LogP contribution in [-0.4, -0.2) is 51.4 Å². The van der Waals surface area contributed by atoms with Crippen LogP contribution in [0.1, 0.15) is 23.3 Å². The van der Waals surface area contributed by atoms with Gasteiger partial charge in [-0.1, -0.05) is 0 Å². The Morgan fingerprint density at radius 1 is 1.25 bits per heavy atom. The zero-order chi connectivity index (χ0) is 19.3. The van der Waals surface area contributed by atoms with E-state index in [-0.39, 0.29) is 6.10 Å². The standard InChI is InChI=1S/C19H21F2N5O2/c20-15-2-1-14(10-16(15)21)27-7-3-13-9-17(25-24-13)18-11-26(6-8-28-18)12-19-22-4-5-23-19/h1-2,4-5,9-10,18H,3,6-8,11-12H2,(H,22,23)(H,24,25)/t18-/m1/s1. The average molecular weight is 389 g/mol. The molecule has 148 valence electrons. The van der Waals surface area contributed by atoms with Crippen molar-refractivity contribution in [2.45, 2.75) is 19.1 Å². The predicted octanol–water partition coefficient (Wildman–Crippen LogP) is 2.61. The van der Waals surface area contributed by atoms with Gasteiger partial charge in [0.25, 0.3) is 0 Å². The van der Waals surface area contributed by atoms with Gasteiger partial charge in [-0.3, -0.25) is 10.00 Å². The molecule has 0 unspecified atom stereocenters. The zero-order valence-electron chi connectivity index (χ0n) is 15.2. The summed E-state index contributed by atoms with van der Waals surface area (Å²) in [6, 6.07) is 5.45. The Hall–Kier alpha value is -2.78. The van der Waals surface area contributed by atoms with Gasteiger partial charge >= 0.3 is 0 Å². The molecule has 0 saturated carbocycles. The summed E-state index contributed by atoms with van der Waals surface area (Å²) in [7, 11) is 0. The van der Waals surface area contributed by atoms with Crippen LogP contribution in [0.2, 0.25) is 0 Å². The molecule has 4 rings (SSSR count). The van der Waals surface area contributed by atoms with Crippen molar-refractivity contribution in [2.75, 3.05) is 26.3 Å². The number of ether oxygens (including phenoxy) is 2. The summed E-state index contributed by atoms with van der Waals surface area (Å²) in [5, 5.41) is 7.35. The van der Waals surface area contributed by atoms with E-state index in [1.54, 1.807) is 6.20 Å². The lowest BCUT2D eigenvalue weighted by Crippen LogP contribution is -2.38. The highest BCUT2D eigenvalue weighted by Gasteiger charge is 2.24. The van der Waals surface area contributed by atoms with Crippen molar-refractivity contribution in [1.82, 2.24) is 25.1 Å². The Labute approximate surface area is 160 Å². The minimum atomic E-state index is -0.921. The Morgan fingerprint density at radius 2 is 2.18 bits per heavy atom. The van der Waals surface area contributed by atoms with E-state index < -0.39 is 11.6 Å². The van der Waals surface area contributed by atoms with Crippen molar-refractivity contribution in [3.05, 3.63) is 65.5 Å². The number of aromatic nitrogens is 4. The van der Waals surface area contributed by atoms with Gasteiger partial charge in [0.15, 0.2) is 11.6 Å². The Balaban J connectivity index is 1.29. The maximum Gasteiger partial charge on any atom is 0.162 e. The number of morpholine rings is 1. The van der Waals surface area contributed by atoms with E-state index >= 15 is 0 Å². The number of benzene rings is 1. The van der Waals surface area contributed by atoms with Crippen LogP contribution in [0.25, 0.3) is 0 Å². The fourth-order valence-corrected chi connectivity index (χ4v) is 3.14. The minimum Gasteiger partial charge on any atom is -0.493 e. The summed E-state index contributed by atoms with van der Waals surface area (Å²) in [5.74, 6) is -0.588. The molecule has 1 aliphatic rings. The molecule has 0 amide bonds. The van der Waals surface area contributed by atoms with Crippen molar-refractivity contribution >= 4 is 0 Å². The predicted molar refractivity (Wildman–Crippen MR) is 96.7 cm³/mol. The molecule has 1 aromatic carbocycles. The summed E-state index contributed by atoms with van der Waals surface area (Å²) < 4.78 is 37.5. The molecule has 3 heterocycles. The lowest BCUT2D eigenvalue weighted by molar-refractivity contribution is -0.0356. The van der Waals surface area contributed by atoms with Gasteiger partial charge in [-0.15, -0.1) is 0 Å². The molecule has 1 fully saturated rings. The van der Waals surface area contributed by atoms with Crippen LogP contribution >= 0.6 is 0 Å². The molecule has 0 radical (unpaired) electrons. The fraction of sp³-hybridized carbons (Fsp3) is 0.368. The van der Waals surface area contributed by atoms with Crippen LogP contribution in [0.5, 0.6) is 5.75 Å². The van der Waals surface area contributed by atoms with Crippen molar-refractivity contribution in [2.24, 2.45) is 0 Å². The molecule has 9 heteroatoms. The van der Waals surface area contributed by atoms with E-state index in [9.17, 15) is 8.78 Å². The second-order valence-corrected chi connectivity index (χ2v) is 6.62. The van der Waals surface area contributed by atoms with E-state index in [4.69, 9.17) is 9.47 Å². The van der Waals surface area contributed by atoms with Crippen LogP contribution in [0.15, 0.2) is 36.7 Å². The van der Waals surface area contributed by atoms with E-state index in [1.165, 1.54) is 6.07 Å². The molecule has 2 aromatic heterocycles. The Bertz CT molecular complexity index is 900. The third-order valence-corrected chi connectivity index (χ3v) is 4.59. The summed E-state index contributed by atoms with van der Waals surface area (Å²) >= 11 is 0. The van der Waals surface area contributed by atoms with Crippen LogP contribution in [-0.2, 0) is 17.7 Å². The summed E-state index contributed by atoms with van der Waals surface area (Å²) in [5.41, 5.74) is 1.73. The molecular weight excluding hydrogens is 368 g/mol. The van der Waals surface area contributed by atoms with Gasteiger partial charge in [0, 0.05) is 43.7 Å². The lowest BCUT2D eigenvalue weighted by atomic mass is 10.2. The first-order valence-corrected chi connectivity index (χ1v) is 9.11. The highest BCUT2D eigenvalue weighted by Crippen LogP contribution is 2.22. The summed E-state index contributed by atoms with van der Waals surface area (Å²) in [6.45, 7) is 3.27. The molecule has 1 saturated heterocycles. The topological polar surface area (TPSA) is 79.1 Å². The molecule has 0 spiro atoms. The minimum absolute atomic E-state index is 0.110. The van der Waals surface area contributed by atoms with Crippen molar-refractivity contribution in [1.29, 1.82) is 0 Å². The number of imidazole rings is 1. The van der Waals surface area contributed by atoms with E-state index in [0.717, 1.165) is 49.0 Å². The highest BCUT2D eigenvalue weighted by molar-refractivity contribution is 5.23. The van der Waals surface area contributed by atoms with Gasteiger partial charge in [0.1, 0.15) is 17.7 Å². The summed E-state index contributed by atoms with van der Waals surface area (Å²) in [4.78, 5) is 9.65. The first-order chi connectivity index (χ1) is 13.7. The monoisotopic (exact) mass is 389 g/mol. The quantitative estimate of drug-likeness (QED) is 0.649. The molecule has 2 N–H and O–H groups in total. The third-order valence-electron chi connectivity index (χ3n) is 4.59. The van der Waals surface area contributed by atoms with Crippen LogP contribution in [0.4, 0.5) is 8.78 Å². The molecule has 0 bridgehead atoms. The Kier molecular flexibility index (Phi) is 5.63. The molecular formula is C19H21F2N5O2. The van der Waals surface area contributed by atoms with Gasteiger partial charge in [0.05, 0.1) is 25.5 Å². The molecule has 1 atom stereocenters. The highest BCUT2D eigenvalue weighted by atomic mass is 19.2. The van der Waals surface area contributed by atoms with Crippen LogP contribution < -0.4 is 4.74 Å². The van der Waals surface area contributed by atoms with Gasteiger partial charge < -0.3 is 14.5 Å². The van der Waals surface area contributed by atoms with Gasteiger partial charge in [-0.2, -0.15) is 5.10 Å². The first kappa shape index (κ1) is 18.6. The number of hydrogen-bond acceptors (Lipinski definition) is 5. The SMILES string of the molecule is Fc1ccc(OCCc2cc([C@H]3CN(Cc4ncc[nH]4)CCO3)n[nH]2)cc1F. The smallest absolute Gasteiger partial charge is 0.162 e. The zero-order valence-corrected chi connectivity index (χ0v) is 15.2. The number of hydrogen-bond donors (Lipinski definition) is 2. The lowest BCUT2D eigenvalue weighted by Gasteiger charge is -2.31. The first-order valence-electron chi connectivity index (χ1n) is 9.11. The average Bonchev–Trinajstić information content (AvgIpc) is 3.37. The molecule has 0 aliphatic carbocycles. The normalized spacial score (nSPS) is 17.7. The van der Waals surface area contributed by atoms with Crippen LogP contribution in [0.3, 0.4) is 0 Å². The van der Waals surface area contributed by atoms with Crippen molar-refractivity contribution in [3.8, 4) is 5.75 Å². The summed E-state index contributed by atoms with van der Waals surface area (Å²) in [6.07, 6.45) is 4.01. The molecule has 1 aliphatic heterocycles. The molecule has 28 heavy (non-hydrogen) atoms. The largest absolute Gasteiger partial charge is 0.493 e. The number of nitrogens with zero attached hydrogens (tertiary/aromatic N) is 3. The van der Waals surface area contributed by atoms with Gasteiger partial charge in [-0.25, -0.2) is 13.8 Å². The van der Waals surface area contributed by atoms with E-state index in [1.807, 2.05) is 12.3 Å². The Morgan fingerprint density at radius 3 is 3.00 bits per heavy atom. The van der Waals surface area contributed by atoms with Crippen LogP contribution in [0, 0.1) is 11.6 Å². The maximum atomic E-state index is 13.2. The number of nitrogens with one attached hydrogen (secondary N) is 2. The van der Waals surface area contributed by atoms with Gasteiger partial charge in [0.2, 0.25) is 0 Å². The molecule has 3 aromatic rings. The van der Waals surface area contributed by atoms with Gasteiger partial charge in [-0.05, 0) is 18.2 Å². The van der Waals surface area contributed by atoms with Crippen molar-refractivity contribution in [3.63, 3.8) is 0 Å². The fourth-order valence-electron chi connectivity index (χ4n) is 3.14.